The van der Waals surface area contributed by atoms with Gasteiger partial charge in [-0.3, -0.25) is 4.79 Å². The second kappa shape index (κ2) is 6.97. The third kappa shape index (κ3) is 3.80. The first-order valence-corrected chi connectivity index (χ1v) is 8.77. The third-order valence-electron chi connectivity index (χ3n) is 3.15. The van der Waals surface area contributed by atoms with Gasteiger partial charge in [-0.25, -0.2) is 4.98 Å². The Labute approximate surface area is 140 Å². The van der Waals surface area contributed by atoms with Crippen molar-refractivity contribution < 1.29 is 9.21 Å². The van der Waals surface area contributed by atoms with E-state index in [0.717, 1.165) is 21.6 Å². The van der Waals surface area contributed by atoms with Gasteiger partial charge in [-0.1, -0.05) is 17.8 Å². The summed E-state index contributed by atoms with van der Waals surface area (Å²) in [5.41, 5.74) is 6.00. The van der Waals surface area contributed by atoms with Crippen LogP contribution in [0.25, 0.3) is 10.8 Å². The zero-order valence-electron chi connectivity index (χ0n) is 12.4. The smallest absolute Gasteiger partial charge is 0.236 e. The van der Waals surface area contributed by atoms with E-state index in [9.17, 15) is 4.79 Å². The second-order valence-corrected chi connectivity index (χ2v) is 6.72. The minimum absolute atomic E-state index is 0.268. The zero-order chi connectivity index (χ0) is 16.2. The normalized spacial score (nSPS) is 11.0. The number of carbonyl (C=O) groups is 1. The first-order valence-electron chi connectivity index (χ1n) is 6.91. The Hall–Kier alpha value is -2.13. The van der Waals surface area contributed by atoms with Crippen LogP contribution in [0, 0.1) is 0 Å². The van der Waals surface area contributed by atoms with Crippen LogP contribution in [-0.4, -0.2) is 25.7 Å². The summed E-state index contributed by atoms with van der Waals surface area (Å²) < 4.78 is 7.36. The van der Waals surface area contributed by atoms with Crippen LogP contribution in [-0.2, 0) is 24.0 Å². The summed E-state index contributed by atoms with van der Waals surface area (Å²) in [4.78, 5) is 16.3. The second-order valence-electron chi connectivity index (χ2n) is 4.83. The van der Waals surface area contributed by atoms with Gasteiger partial charge in [0, 0.05) is 25.6 Å². The average molecular weight is 349 g/mol. The molecule has 23 heavy (non-hydrogen) atoms. The topological polar surface area (TPSA) is 99.8 Å². The van der Waals surface area contributed by atoms with Gasteiger partial charge in [0.25, 0.3) is 0 Å². The molecule has 9 heteroatoms. The Kier molecular flexibility index (Phi) is 4.77. The molecule has 1 amide bonds. The highest BCUT2D eigenvalue weighted by Crippen LogP contribution is 2.26. The van der Waals surface area contributed by atoms with Crippen LogP contribution in [0.15, 0.2) is 33.3 Å². The molecule has 3 aromatic heterocycles. The van der Waals surface area contributed by atoms with Crippen LogP contribution in [0.4, 0.5) is 0 Å². The van der Waals surface area contributed by atoms with Crippen molar-refractivity contribution in [2.45, 2.75) is 23.8 Å². The fourth-order valence-electron chi connectivity index (χ4n) is 1.95. The Morgan fingerprint density at radius 3 is 3.09 bits per heavy atom. The number of hydrogen-bond acceptors (Lipinski definition) is 7. The van der Waals surface area contributed by atoms with E-state index >= 15 is 0 Å². The lowest BCUT2D eigenvalue weighted by Gasteiger charge is -2.01. The zero-order valence-corrected chi connectivity index (χ0v) is 14.1. The van der Waals surface area contributed by atoms with Gasteiger partial charge < -0.3 is 14.7 Å². The summed E-state index contributed by atoms with van der Waals surface area (Å²) in [6.07, 6.45) is 2.42. The number of thioether (sulfide) groups is 1. The molecule has 3 rings (SSSR count). The molecule has 0 aliphatic carbocycles. The first kappa shape index (κ1) is 15.8. The van der Waals surface area contributed by atoms with E-state index in [-0.39, 0.29) is 12.3 Å². The molecule has 0 aliphatic rings. The number of nitrogens with two attached hydrogens (primary N) is 1. The largest absolute Gasteiger partial charge is 0.444 e. The Morgan fingerprint density at radius 2 is 2.35 bits per heavy atom. The number of carbonyl (C=O) groups excluding carboxylic acids is 1. The standard InChI is InChI=1S/C14H15N5O2S2/c1-19-12(5-4-11(15)20)17-18-14(19)23-8-9-7-21-13(16-9)10-3-2-6-22-10/h2-3,6-7H,4-5,8H2,1H3,(H2,15,20). The molecule has 0 atom stereocenters. The maximum absolute atomic E-state index is 10.8. The number of aryl methyl sites for hydroxylation is 1. The molecule has 120 valence electrons. The molecule has 2 N–H and O–H groups in total. The number of amides is 1. The Morgan fingerprint density at radius 1 is 1.48 bits per heavy atom. The van der Waals surface area contributed by atoms with Crippen molar-refractivity contribution in [2.24, 2.45) is 12.8 Å². The predicted molar refractivity (Wildman–Crippen MR) is 87.9 cm³/mol. The number of hydrogen-bond donors (Lipinski definition) is 1. The van der Waals surface area contributed by atoms with Gasteiger partial charge >= 0.3 is 0 Å². The molecule has 3 aromatic rings. The van der Waals surface area contributed by atoms with Gasteiger partial charge in [-0.2, -0.15) is 0 Å². The molecule has 0 fully saturated rings. The monoisotopic (exact) mass is 349 g/mol. The number of oxazole rings is 1. The maximum Gasteiger partial charge on any atom is 0.236 e. The lowest BCUT2D eigenvalue weighted by molar-refractivity contribution is -0.118. The molecule has 0 radical (unpaired) electrons. The van der Waals surface area contributed by atoms with Crippen LogP contribution in [0.1, 0.15) is 17.9 Å². The van der Waals surface area contributed by atoms with Crippen molar-refractivity contribution in [1.29, 1.82) is 0 Å². The van der Waals surface area contributed by atoms with Crippen LogP contribution in [0.3, 0.4) is 0 Å². The minimum Gasteiger partial charge on any atom is -0.444 e. The van der Waals surface area contributed by atoms with Gasteiger partial charge in [0.15, 0.2) is 5.16 Å². The predicted octanol–water partition coefficient (Wildman–Crippen LogP) is 2.24. The molecule has 0 aliphatic heterocycles. The lowest BCUT2D eigenvalue weighted by atomic mass is 10.3. The molecule has 0 unspecified atom stereocenters. The maximum atomic E-state index is 10.8. The van der Waals surface area contributed by atoms with Crippen molar-refractivity contribution in [3.63, 3.8) is 0 Å². The van der Waals surface area contributed by atoms with Crippen LogP contribution < -0.4 is 5.73 Å². The van der Waals surface area contributed by atoms with E-state index < -0.39 is 0 Å². The average Bonchev–Trinajstić information content (AvgIpc) is 3.25. The number of primary amides is 1. The summed E-state index contributed by atoms with van der Waals surface area (Å²) >= 11 is 3.11. The minimum atomic E-state index is -0.342. The summed E-state index contributed by atoms with van der Waals surface area (Å²) in [7, 11) is 1.87. The Bertz CT molecular complexity index is 794. The van der Waals surface area contributed by atoms with Crippen molar-refractivity contribution >= 4 is 29.0 Å². The number of aromatic nitrogens is 4. The van der Waals surface area contributed by atoms with Gasteiger partial charge in [0.2, 0.25) is 11.8 Å². The van der Waals surface area contributed by atoms with E-state index in [1.807, 2.05) is 29.1 Å². The summed E-state index contributed by atoms with van der Waals surface area (Å²) in [5, 5.41) is 11.0. The number of thiophene rings is 1. The molecule has 0 spiro atoms. The van der Waals surface area contributed by atoms with Gasteiger partial charge in [-0.05, 0) is 11.4 Å². The molecular weight excluding hydrogens is 334 g/mol. The molecule has 0 saturated carbocycles. The summed E-state index contributed by atoms with van der Waals surface area (Å²) in [6, 6.07) is 3.94. The SMILES string of the molecule is Cn1c(CCC(N)=O)nnc1SCc1coc(-c2cccs2)n1. The van der Waals surface area contributed by atoms with Crippen LogP contribution >= 0.6 is 23.1 Å². The quantitative estimate of drug-likeness (QED) is 0.657. The van der Waals surface area contributed by atoms with Crippen LogP contribution in [0.5, 0.6) is 0 Å². The highest BCUT2D eigenvalue weighted by molar-refractivity contribution is 7.98. The molecule has 0 aromatic carbocycles. The number of rotatable bonds is 7. The van der Waals surface area contributed by atoms with E-state index in [1.165, 1.54) is 11.8 Å². The Balaban J connectivity index is 1.61. The van der Waals surface area contributed by atoms with Crippen LogP contribution in [0.2, 0.25) is 0 Å². The molecular formula is C14H15N5O2S2. The fourth-order valence-corrected chi connectivity index (χ4v) is 3.41. The van der Waals surface area contributed by atoms with Crippen molar-refractivity contribution in [3.05, 3.63) is 35.3 Å². The van der Waals surface area contributed by atoms with Gasteiger partial charge in [0.1, 0.15) is 12.1 Å². The summed E-state index contributed by atoms with van der Waals surface area (Å²) in [5.74, 6) is 1.67. The molecule has 7 nitrogen and oxygen atoms in total. The van der Waals surface area contributed by atoms with E-state index in [1.54, 1.807) is 17.6 Å². The molecule has 0 saturated heterocycles. The van der Waals surface area contributed by atoms with Crippen molar-refractivity contribution in [1.82, 2.24) is 19.7 Å². The van der Waals surface area contributed by atoms with Crippen molar-refractivity contribution in [2.75, 3.05) is 0 Å². The molecule has 3 heterocycles. The first-order chi connectivity index (χ1) is 11.1. The highest BCUT2D eigenvalue weighted by atomic mass is 32.2. The number of nitrogens with zero attached hydrogens (tertiary/aromatic N) is 4. The highest BCUT2D eigenvalue weighted by Gasteiger charge is 2.12. The van der Waals surface area contributed by atoms with E-state index in [4.69, 9.17) is 10.2 Å². The van der Waals surface area contributed by atoms with E-state index in [2.05, 4.69) is 15.2 Å². The third-order valence-corrected chi connectivity index (χ3v) is 5.06. The summed E-state index contributed by atoms with van der Waals surface area (Å²) in [6.45, 7) is 0. The lowest BCUT2D eigenvalue weighted by Crippen LogP contribution is -2.12. The van der Waals surface area contributed by atoms with E-state index in [0.29, 0.717) is 18.1 Å². The van der Waals surface area contributed by atoms with Gasteiger partial charge in [0.05, 0.1) is 10.6 Å². The fraction of sp³-hybridized carbons (Fsp3) is 0.286. The van der Waals surface area contributed by atoms with Gasteiger partial charge in [-0.15, -0.1) is 21.5 Å². The molecule has 0 bridgehead atoms. The van der Waals surface area contributed by atoms with Crippen molar-refractivity contribution in [3.8, 4) is 10.8 Å².